The molecule has 3 heterocycles. The van der Waals surface area contributed by atoms with Crippen molar-refractivity contribution in [1.29, 1.82) is 0 Å². The second-order valence-electron chi connectivity index (χ2n) is 4.85. The molecule has 2 N–H and O–H groups in total. The summed E-state index contributed by atoms with van der Waals surface area (Å²) in [6.07, 6.45) is 3.14. The van der Waals surface area contributed by atoms with Gasteiger partial charge in [-0.3, -0.25) is 14.6 Å². The summed E-state index contributed by atoms with van der Waals surface area (Å²) in [7, 11) is 0. The molecule has 1 fully saturated rings. The summed E-state index contributed by atoms with van der Waals surface area (Å²) in [5, 5.41) is 5.50. The first kappa shape index (κ1) is 14.0. The van der Waals surface area contributed by atoms with Gasteiger partial charge in [-0.2, -0.15) is 0 Å². The Kier molecular flexibility index (Phi) is 3.95. The highest BCUT2D eigenvalue weighted by atomic mass is 16.2. The summed E-state index contributed by atoms with van der Waals surface area (Å²) in [6.45, 7) is 1.63. The zero-order chi connectivity index (χ0) is 15.4. The topological polar surface area (TPSA) is 87.2 Å². The molecular formula is C15H15N5O2. The van der Waals surface area contributed by atoms with Crippen LogP contribution >= 0.6 is 0 Å². The zero-order valence-electron chi connectivity index (χ0n) is 11.8. The first-order chi connectivity index (χ1) is 10.7. The first-order valence-corrected chi connectivity index (χ1v) is 6.92. The number of piperazine rings is 1. The predicted molar refractivity (Wildman–Crippen MR) is 81.6 cm³/mol. The summed E-state index contributed by atoms with van der Waals surface area (Å²) in [5.41, 5.74) is 0.931. The van der Waals surface area contributed by atoms with Crippen LogP contribution in [0.5, 0.6) is 0 Å². The second kappa shape index (κ2) is 6.21. The molecule has 2 aromatic rings. The van der Waals surface area contributed by atoms with Crippen LogP contribution in [0.1, 0.15) is 10.5 Å². The lowest BCUT2D eigenvalue weighted by Crippen LogP contribution is -2.48. The van der Waals surface area contributed by atoms with Crippen LogP contribution < -0.4 is 15.5 Å². The van der Waals surface area contributed by atoms with Crippen molar-refractivity contribution in [2.24, 2.45) is 0 Å². The van der Waals surface area contributed by atoms with Gasteiger partial charge in [-0.1, -0.05) is 6.07 Å². The van der Waals surface area contributed by atoms with E-state index in [1.54, 1.807) is 42.7 Å². The van der Waals surface area contributed by atoms with E-state index in [9.17, 15) is 9.59 Å². The smallest absolute Gasteiger partial charge is 0.274 e. The minimum atomic E-state index is -0.285. The average molecular weight is 297 g/mol. The van der Waals surface area contributed by atoms with Crippen LogP contribution in [0, 0.1) is 0 Å². The zero-order valence-corrected chi connectivity index (χ0v) is 11.8. The molecular weight excluding hydrogens is 282 g/mol. The van der Waals surface area contributed by atoms with E-state index in [-0.39, 0.29) is 11.8 Å². The maximum atomic E-state index is 12.0. The number of hydrogen-bond donors (Lipinski definition) is 2. The molecule has 0 radical (unpaired) electrons. The van der Waals surface area contributed by atoms with Gasteiger partial charge in [0, 0.05) is 19.3 Å². The van der Waals surface area contributed by atoms with Crippen LogP contribution in [0.25, 0.3) is 0 Å². The number of amides is 2. The Balaban J connectivity index is 1.67. The lowest BCUT2D eigenvalue weighted by atomic mass is 10.3. The lowest BCUT2D eigenvalue weighted by molar-refractivity contribution is -0.120. The van der Waals surface area contributed by atoms with E-state index in [0.717, 1.165) is 6.54 Å². The highest BCUT2D eigenvalue weighted by molar-refractivity contribution is 6.02. The Bertz CT molecular complexity index is 672. The Hall–Kier alpha value is -2.96. The molecule has 7 nitrogen and oxygen atoms in total. The molecule has 1 aliphatic rings. The molecule has 0 unspecified atom stereocenters. The quantitative estimate of drug-likeness (QED) is 0.869. The molecule has 1 aliphatic heterocycles. The fourth-order valence-corrected chi connectivity index (χ4v) is 2.17. The van der Waals surface area contributed by atoms with Crippen LogP contribution in [0.15, 0.2) is 42.7 Å². The van der Waals surface area contributed by atoms with Crippen LogP contribution in [0.3, 0.4) is 0 Å². The standard InChI is InChI=1S/C15H15N5O2/c21-14-10-20(8-7-17-14)13-5-4-11(9-18-13)19-15(22)12-3-1-2-6-16-12/h1-6,9H,7-8,10H2,(H,17,21)(H,19,22). The number of carbonyl (C=O) groups excluding carboxylic acids is 2. The fourth-order valence-electron chi connectivity index (χ4n) is 2.17. The number of rotatable bonds is 3. The summed E-state index contributed by atoms with van der Waals surface area (Å²) >= 11 is 0. The van der Waals surface area contributed by atoms with Crippen molar-refractivity contribution in [2.45, 2.75) is 0 Å². The van der Waals surface area contributed by atoms with Crippen LogP contribution in [0.4, 0.5) is 11.5 Å². The molecule has 0 aromatic carbocycles. The maximum absolute atomic E-state index is 12.0. The Morgan fingerprint density at radius 3 is 2.82 bits per heavy atom. The van der Waals surface area contributed by atoms with Gasteiger partial charge in [-0.05, 0) is 24.3 Å². The van der Waals surface area contributed by atoms with Crippen molar-refractivity contribution >= 4 is 23.3 Å². The van der Waals surface area contributed by atoms with Crippen LogP contribution in [0.2, 0.25) is 0 Å². The normalized spacial score (nSPS) is 14.4. The average Bonchev–Trinajstić information content (AvgIpc) is 2.56. The van der Waals surface area contributed by atoms with Crippen molar-refractivity contribution in [2.75, 3.05) is 29.9 Å². The molecule has 1 saturated heterocycles. The highest BCUT2D eigenvalue weighted by Crippen LogP contribution is 2.15. The van der Waals surface area contributed by atoms with Gasteiger partial charge in [0.15, 0.2) is 0 Å². The summed E-state index contributed by atoms with van der Waals surface area (Å²) in [5.74, 6) is 0.416. The molecule has 112 valence electrons. The number of hydrogen-bond acceptors (Lipinski definition) is 5. The van der Waals surface area contributed by atoms with Crippen molar-refractivity contribution in [3.05, 3.63) is 48.4 Å². The summed E-state index contributed by atoms with van der Waals surface area (Å²) in [4.78, 5) is 33.5. The molecule has 0 atom stereocenters. The van der Waals surface area contributed by atoms with Gasteiger partial charge in [-0.25, -0.2) is 4.98 Å². The van der Waals surface area contributed by atoms with Crippen molar-refractivity contribution in [3.63, 3.8) is 0 Å². The lowest BCUT2D eigenvalue weighted by Gasteiger charge is -2.27. The van der Waals surface area contributed by atoms with Gasteiger partial charge >= 0.3 is 0 Å². The molecule has 0 aliphatic carbocycles. The first-order valence-electron chi connectivity index (χ1n) is 6.92. The summed E-state index contributed by atoms with van der Waals surface area (Å²) in [6, 6.07) is 8.69. The SMILES string of the molecule is O=C1CN(c2ccc(NC(=O)c3ccccn3)cn2)CCN1. The number of carbonyl (C=O) groups is 2. The minimum Gasteiger partial charge on any atom is -0.353 e. The highest BCUT2D eigenvalue weighted by Gasteiger charge is 2.17. The van der Waals surface area contributed by atoms with E-state index in [0.29, 0.717) is 30.3 Å². The molecule has 22 heavy (non-hydrogen) atoms. The third-order valence-electron chi connectivity index (χ3n) is 3.27. The number of nitrogens with zero attached hydrogens (tertiary/aromatic N) is 3. The largest absolute Gasteiger partial charge is 0.353 e. The number of aromatic nitrogens is 2. The monoisotopic (exact) mass is 297 g/mol. The fraction of sp³-hybridized carbons (Fsp3) is 0.200. The van der Waals surface area contributed by atoms with Crippen LogP contribution in [-0.2, 0) is 4.79 Å². The van der Waals surface area contributed by atoms with Crippen molar-refractivity contribution in [1.82, 2.24) is 15.3 Å². The molecule has 0 spiro atoms. The van der Waals surface area contributed by atoms with E-state index in [2.05, 4.69) is 20.6 Å². The number of nitrogens with one attached hydrogen (secondary N) is 2. The maximum Gasteiger partial charge on any atom is 0.274 e. The third-order valence-corrected chi connectivity index (χ3v) is 3.27. The summed E-state index contributed by atoms with van der Waals surface area (Å²) < 4.78 is 0. The van der Waals surface area contributed by atoms with E-state index in [1.165, 1.54) is 0 Å². The Morgan fingerprint density at radius 2 is 2.14 bits per heavy atom. The van der Waals surface area contributed by atoms with E-state index < -0.39 is 0 Å². The minimum absolute atomic E-state index is 0.0134. The molecule has 3 rings (SSSR count). The van der Waals surface area contributed by atoms with E-state index in [4.69, 9.17) is 0 Å². The van der Waals surface area contributed by atoms with Gasteiger partial charge < -0.3 is 15.5 Å². The molecule has 7 heteroatoms. The van der Waals surface area contributed by atoms with Crippen molar-refractivity contribution < 1.29 is 9.59 Å². The van der Waals surface area contributed by atoms with Gasteiger partial charge in [0.2, 0.25) is 5.91 Å². The van der Waals surface area contributed by atoms with E-state index in [1.807, 2.05) is 4.90 Å². The van der Waals surface area contributed by atoms with Gasteiger partial charge in [-0.15, -0.1) is 0 Å². The van der Waals surface area contributed by atoms with Gasteiger partial charge in [0.25, 0.3) is 5.91 Å². The van der Waals surface area contributed by atoms with E-state index >= 15 is 0 Å². The molecule has 2 amide bonds. The van der Waals surface area contributed by atoms with Gasteiger partial charge in [0.1, 0.15) is 11.5 Å². The number of anilines is 2. The van der Waals surface area contributed by atoms with Crippen molar-refractivity contribution in [3.8, 4) is 0 Å². The Morgan fingerprint density at radius 1 is 1.23 bits per heavy atom. The van der Waals surface area contributed by atoms with Gasteiger partial charge in [0.05, 0.1) is 18.4 Å². The van der Waals surface area contributed by atoms with Crippen LogP contribution in [-0.4, -0.2) is 41.4 Å². The Labute approximate surface area is 127 Å². The number of pyridine rings is 2. The molecule has 0 saturated carbocycles. The second-order valence-corrected chi connectivity index (χ2v) is 4.85. The molecule has 2 aromatic heterocycles. The predicted octanol–water partition coefficient (Wildman–Crippen LogP) is 0.665. The third kappa shape index (κ3) is 3.20. The molecule has 0 bridgehead atoms.